The lowest BCUT2D eigenvalue weighted by atomic mass is 9.96. The number of aliphatic hydroxyl groups is 4. The first-order valence-corrected chi connectivity index (χ1v) is 13.0. The molecular formula is C30H34N2O7. The minimum Gasteiger partial charge on any atom is -0.497 e. The van der Waals surface area contributed by atoms with Crippen molar-refractivity contribution in [3.63, 3.8) is 0 Å². The van der Waals surface area contributed by atoms with Gasteiger partial charge in [-0.3, -0.25) is 4.68 Å². The number of rotatable bonds is 8. The molecule has 1 saturated heterocycles. The Hall–Kier alpha value is -3.47. The average molecular weight is 535 g/mol. The normalized spacial score (nSPS) is 23.3. The molecule has 0 amide bonds. The lowest BCUT2D eigenvalue weighted by Gasteiger charge is -2.39. The Morgan fingerprint density at radius 1 is 0.923 bits per heavy atom. The first kappa shape index (κ1) is 27.1. The monoisotopic (exact) mass is 534 g/mol. The number of benzene rings is 3. The molecule has 1 aliphatic heterocycles. The summed E-state index contributed by atoms with van der Waals surface area (Å²) >= 11 is 0. The standard InChI is InChI=1S/C30H34N2O7/c1-17(2)32-25(22-10-6-8-19-7-4-5-9-21(19)22)23(15-18-11-13-20(37-3)14-12-18)29(31-32)39-30-28(36)27(35)26(34)24(16-33)38-30/h4-14,17,24,26-28,30,33-36H,15-16H2,1-3H3/t24-,26-,27+,28-,30+/m1/s1. The van der Waals surface area contributed by atoms with Gasteiger partial charge < -0.3 is 34.6 Å². The van der Waals surface area contributed by atoms with E-state index in [1.54, 1.807) is 7.11 Å². The van der Waals surface area contributed by atoms with E-state index in [1.807, 2.05) is 67.1 Å². The molecule has 1 aromatic heterocycles. The Balaban J connectivity index is 1.66. The molecule has 4 aromatic rings. The van der Waals surface area contributed by atoms with Gasteiger partial charge in [0.05, 0.1) is 19.4 Å². The van der Waals surface area contributed by atoms with Crippen LogP contribution in [-0.2, 0) is 11.2 Å². The van der Waals surface area contributed by atoms with Gasteiger partial charge in [0.1, 0.15) is 30.2 Å². The van der Waals surface area contributed by atoms with Gasteiger partial charge in [0, 0.05) is 23.6 Å². The van der Waals surface area contributed by atoms with Crippen molar-refractivity contribution in [1.29, 1.82) is 0 Å². The molecule has 0 bridgehead atoms. The number of fused-ring (bicyclic) bond motifs is 1. The van der Waals surface area contributed by atoms with Crippen LogP contribution < -0.4 is 9.47 Å². The van der Waals surface area contributed by atoms with Gasteiger partial charge in [-0.1, -0.05) is 54.6 Å². The van der Waals surface area contributed by atoms with Gasteiger partial charge in [-0.2, -0.15) is 0 Å². The van der Waals surface area contributed by atoms with E-state index in [1.165, 1.54) is 0 Å². The molecule has 0 unspecified atom stereocenters. The SMILES string of the molecule is COc1ccc(Cc2c(O[C@@H]3O[C@H](CO)[C@@H](O)[C@H](O)[C@H]3O)nn(C(C)C)c2-c2cccc3ccccc23)cc1. The van der Waals surface area contributed by atoms with Gasteiger partial charge in [0.2, 0.25) is 12.2 Å². The van der Waals surface area contributed by atoms with E-state index in [4.69, 9.17) is 19.3 Å². The molecule has 9 nitrogen and oxygen atoms in total. The number of ether oxygens (including phenoxy) is 3. The zero-order valence-electron chi connectivity index (χ0n) is 22.1. The number of methoxy groups -OCH3 is 1. The van der Waals surface area contributed by atoms with Crippen LogP contribution in [0.25, 0.3) is 22.0 Å². The van der Waals surface area contributed by atoms with E-state index in [-0.39, 0.29) is 11.9 Å². The van der Waals surface area contributed by atoms with Crippen molar-refractivity contribution in [2.45, 2.75) is 57.0 Å². The topological polar surface area (TPSA) is 126 Å². The fourth-order valence-electron chi connectivity index (χ4n) is 5.02. The van der Waals surface area contributed by atoms with Gasteiger partial charge in [0.25, 0.3) is 0 Å². The molecule has 5 rings (SSSR count). The largest absolute Gasteiger partial charge is 0.497 e. The molecule has 0 spiro atoms. The van der Waals surface area contributed by atoms with E-state index in [9.17, 15) is 20.4 Å². The number of nitrogens with zero attached hydrogens (tertiary/aromatic N) is 2. The van der Waals surface area contributed by atoms with Crippen LogP contribution in [0.2, 0.25) is 0 Å². The van der Waals surface area contributed by atoms with Crippen molar-refractivity contribution >= 4 is 10.8 Å². The number of aliphatic hydroxyl groups excluding tert-OH is 4. The zero-order valence-corrected chi connectivity index (χ0v) is 22.1. The highest BCUT2D eigenvalue weighted by Gasteiger charge is 2.45. The molecule has 2 heterocycles. The summed E-state index contributed by atoms with van der Waals surface area (Å²) in [6.07, 6.45) is -6.60. The van der Waals surface area contributed by atoms with Crippen molar-refractivity contribution in [1.82, 2.24) is 9.78 Å². The van der Waals surface area contributed by atoms with Crippen LogP contribution in [0.5, 0.6) is 11.6 Å². The molecule has 206 valence electrons. The first-order valence-electron chi connectivity index (χ1n) is 13.0. The Kier molecular flexibility index (Phi) is 7.88. The molecule has 0 saturated carbocycles. The third-order valence-electron chi connectivity index (χ3n) is 7.12. The van der Waals surface area contributed by atoms with E-state index in [0.717, 1.165) is 38.9 Å². The van der Waals surface area contributed by atoms with E-state index in [0.29, 0.717) is 6.42 Å². The summed E-state index contributed by atoms with van der Waals surface area (Å²) in [7, 11) is 1.62. The van der Waals surface area contributed by atoms with Crippen LogP contribution in [0.15, 0.2) is 66.7 Å². The molecule has 1 aliphatic rings. The highest BCUT2D eigenvalue weighted by atomic mass is 16.7. The van der Waals surface area contributed by atoms with Crippen molar-refractivity contribution in [3.8, 4) is 22.9 Å². The van der Waals surface area contributed by atoms with Crippen LogP contribution in [0.1, 0.15) is 31.0 Å². The fourth-order valence-corrected chi connectivity index (χ4v) is 5.02. The lowest BCUT2D eigenvalue weighted by Crippen LogP contribution is -2.60. The molecule has 0 aliphatic carbocycles. The predicted molar refractivity (Wildman–Crippen MR) is 146 cm³/mol. The Morgan fingerprint density at radius 2 is 1.64 bits per heavy atom. The predicted octanol–water partition coefficient (Wildman–Crippen LogP) is 3.06. The highest BCUT2D eigenvalue weighted by Crippen LogP contribution is 2.39. The minimum atomic E-state index is -1.56. The summed E-state index contributed by atoms with van der Waals surface area (Å²) < 4.78 is 19.0. The van der Waals surface area contributed by atoms with Crippen molar-refractivity contribution in [2.24, 2.45) is 0 Å². The molecule has 5 atom stereocenters. The van der Waals surface area contributed by atoms with E-state index in [2.05, 4.69) is 18.2 Å². The molecule has 4 N–H and O–H groups in total. The lowest BCUT2D eigenvalue weighted by molar-refractivity contribution is -0.278. The zero-order chi connectivity index (χ0) is 27.7. The summed E-state index contributed by atoms with van der Waals surface area (Å²) in [5, 5.41) is 47.8. The van der Waals surface area contributed by atoms with Crippen LogP contribution in [0.4, 0.5) is 0 Å². The fraction of sp³-hybridized carbons (Fsp3) is 0.367. The third kappa shape index (κ3) is 5.24. The second-order valence-corrected chi connectivity index (χ2v) is 10.0. The van der Waals surface area contributed by atoms with Gasteiger partial charge in [-0.05, 0) is 42.3 Å². The summed E-state index contributed by atoms with van der Waals surface area (Å²) in [5.74, 6) is 0.968. The maximum absolute atomic E-state index is 10.7. The second kappa shape index (κ2) is 11.3. The maximum atomic E-state index is 10.7. The second-order valence-electron chi connectivity index (χ2n) is 10.0. The minimum absolute atomic E-state index is 0.0410. The van der Waals surface area contributed by atoms with Crippen LogP contribution >= 0.6 is 0 Å². The number of hydrogen-bond donors (Lipinski definition) is 4. The van der Waals surface area contributed by atoms with Crippen molar-refractivity contribution < 1.29 is 34.6 Å². The summed E-state index contributed by atoms with van der Waals surface area (Å²) in [6, 6.07) is 21.9. The van der Waals surface area contributed by atoms with E-state index >= 15 is 0 Å². The molecule has 39 heavy (non-hydrogen) atoms. The first-order chi connectivity index (χ1) is 18.8. The van der Waals surface area contributed by atoms with Gasteiger partial charge in [-0.15, -0.1) is 5.10 Å². The van der Waals surface area contributed by atoms with Crippen LogP contribution in [-0.4, -0.2) is 74.6 Å². The van der Waals surface area contributed by atoms with Gasteiger partial charge >= 0.3 is 0 Å². The van der Waals surface area contributed by atoms with E-state index < -0.39 is 37.3 Å². The van der Waals surface area contributed by atoms with Crippen molar-refractivity contribution in [2.75, 3.05) is 13.7 Å². The van der Waals surface area contributed by atoms with Crippen molar-refractivity contribution in [3.05, 3.63) is 77.9 Å². The van der Waals surface area contributed by atoms with Crippen LogP contribution in [0, 0.1) is 0 Å². The van der Waals surface area contributed by atoms with Gasteiger partial charge in [-0.25, -0.2) is 0 Å². The van der Waals surface area contributed by atoms with Crippen LogP contribution in [0.3, 0.4) is 0 Å². The summed E-state index contributed by atoms with van der Waals surface area (Å²) in [6.45, 7) is 3.50. The summed E-state index contributed by atoms with van der Waals surface area (Å²) in [4.78, 5) is 0. The molecular weight excluding hydrogens is 500 g/mol. The smallest absolute Gasteiger partial charge is 0.239 e. The third-order valence-corrected chi connectivity index (χ3v) is 7.12. The number of aromatic nitrogens is 2. The van der Waals surface area contributed by atoms with Gasteiger partial charge in [0.15, 0.2) is 0 Å². The Bertz CT molecular complexity index is 1410. The molecule has 3 aromatic carbocycles. The average Bonchev–Trinajstić information content (AvgIpc) is 3.31. The molecule has 1 fully saturated rings. The highest BCUT2D eigenvalue weighted by molar-refractivity contribution is 5.96. The maximum Gasteiger partial charge on any atom is 0.239 e. The summed E-state index contributed by atoms with van der Waals surface area (Å²) in [5.41, 5.74) is 3.58. The molecule has 0 radical (unpaired) electrons. The Labute approximate surface area is 226 Å². The number of hydrogen-bond acceptors (Lipinski definition) is 8. The molecule has 9 heteroatoms. The Morgan fingerprint density at radius 3 is 2.33 bits per heavy atom. The quantitative estimate of drug-likeness (QED) is 0.272.